The molecule has 0 saturated heterocycles. The smallest absolute Gasteiger partial charge is 0.318 e. The first-order valence-electron chi connectivity index (χ1n) is 3.47. The summed E-state index contributed by atoms with van der Waals surface area (Å²) in [5, 5.41) is 7.97. The molecule has 1 atom stereocenters. The minimum Gasteiger partial charge on any atom is -0.318 e. The molecular weight excluding hydrogens is 146 g/mol. The van der Waals surface area contributed by atoms with Gasteiger partial charge in [0.25, 0.3) is 0 Å². The highest BCUT2D eigenvalue weighted by Crippen LogP contribution is 2.19. The van der Waals surface area contributed by atoms with Gasteiger partial charge in [-0.2, -0.15) is 5.26 Å². The van der Waals surface area contributed by atoms with Gasteiger partial charge in [0.05, 0.1) is 0 Å². The molecule has 0 fully saturated rings. The Bertz CT molecular complexity index is 139. The SMILES string of the molecule is CC(C)(C)CC(N)C(=O)OO. The van der Waals surface area contributed by atoms with Crippen LogP contribution in [0.1, 0.15) is 27.2 Å². The third-order valence-corrected chi connectivity index (χ3v) is 1.23. The molecule has 11 heavy (non-hydrogen) atoms. The zero-order chi connectivity index (χ0) is 9.07. The third kappa shape index (κ3) is 4.75. The molecule has 0 aliphatic carbocycles. The van der Waals surface area contributed by atoms with Gasteiger partial charge in [0, 0.05) is 0 Å². The normalized spacial score (nSPS) is 14.3. The van der Waals surface area contributed by atoms with Crippen molar-refractivity contribution in [2.24, 2.45) is 11.1 Å². The summed E-state index contributed by atoms with van der Waals surface area (Å²) in [6.45, 7) is 5.87. The predicted molar refractivity (Wildman–Crippen MR) is 40.8 cm³/mol. The molecule has 0 aromatic carbocycles. The van der Waals surface area contributed by atoms with Gasteiger partial charge in [0.15, 0.2) is 0 Å². The Morgan fingerprint density at radius 1 is 1.64 bits per heavy atom. The van der Waals surface area contributed by atoms with Gasteiger partial charge >= 0.3 is 5.97 Å². The second-order valence-electron chi connectivity index (χ2n) is 3.78. The van der Waals surface area contributed by atoms with Crippen LogP contribution in [0, 0.1) is 5.41 Å². The van der Waals surface area contributed by atoms with E-state index in [1.807, 2.05) is 20.8 Å². The second kappa shape index (κ2) is 3.69. The minimum atomic E-state index is -0.778. The van der Waals surface area contributed by atoms with Gasteiger partial charge in [-0.1, -0.05) is 20.8 Å². The van der Waals surface area contributed by atoms with Crippen molar-refractivity contribution < 1.29 is 14.9 Å². The van der Waals surface area contributed by atoms with Crippen molar-refractivity contribution in [2.75, 3.05) is 0 Å². The number of hydrogen-bond acceptors (Lipinski definition) is 4. The van der Waals surface area contributed by atoms with Crippen LogP contribution < -0.4 is 5.73 Å². The van der Waals surface area contributed by atoms with E-state index in [-0.39, 0.29) is 5.41 Å². The molecule has 0 saturated carbocycles. The first kappa shape index (κ1) is 10.4. The van der Waals surface area contributed by atoms with E-state index >= 15 is 0 Å². The molecule has 0 aromatic rings. The molecular formula is C7H15NO3. The van der Waals surface area contributed by atoms with Crippen LogP contribution in [0.5, 0.6) is 0 Å². The van der Waals surface area contributed by atoms with Crippen molar-refractivity contribution in [1.82, 2.24) is 0 Å². The summed E-state index contributed by atoms with van der Waals surface area (Å²) in [4.78, 5) is 14.1. The summed E-state index contributed by atoms with van der Waals surface area (Å²) < 4.78 is 0. The molecule has 3 N–H and O–H groups in total. The van der Waals surface area contributed by atoms with E-state index in [1.165, 1.54) is 0 Å². The van der Waals surface area contributed by atoms with Gasteiger partial charge in [-0.3, -0.25) is 4.89 Å². The standard InChI is InChI=1S/C7H15NO3/c1-7(2,3)4-5(8)6(9)11-10/h5,10H,4,8H2,1-3H3. The van der Waals surface area contributed by atoms with Crippen molar-refractivity contribution >= 4 is 5.97 Å². The molecule has 0 bridgehead atoms. The molecule has 0 aromatic heterocycles. The van der Waals surface area contributed by atoms with Crippen LogP contribution >= 0.6 is 0 Å². The minimum absolute atomic E-state index is 0.0341. The second-order valence-corrected chi connectivity index (χ2v) is 3.78. The predicted octanol–water partition coefficient (Wildman–Crippen LogP) is 0.766. The molecule has 0 radical (unpaired) electrons. The molecule has 4 nitrogen and oxygen atoms in total. The van der Waals surface area contributed by atoms with Gasteiger partial charge < -0.3 is 5.73 Å². The van der Waals surface area contributed by atoms with Gasteiger partial charge in [0.2, 0.25) is 0 Å². The number of hydrogen-bond donors (Lipinski definition) is 2. The highest BCUT2D eigenvalue weighted by molar-refractivity contribution is 5.74. The molecule has 4 heteroatoms. The van der Waals surface area contributed by atoms with E-state index in [0.717, 1.165) is 0 Å². The summed E-state index contributed by atoms with van der Waals surface area (Å²) in [7, 11) is 0. The first-order chi connectivity index (χ1) is 4.87. The maximum absolute atomic E-state index is 10.6. The number of rotatable bonds is 2. The maximum Gasteiger partial charge on any atom is 0.358 e. The largest absolute Gasteiger partial charge is 0.358 e. The first-order valence-corrected chi connectivity index (χ1v) is 3.47. The van der Waals surface area contributed by atoms with Crippen molar-refractivity contribution in [3.05, 3.63) is 0 Å². The Morgan fingerprint density at radius 3 is 2.36 bits per heavy atom. The molecule has 0 amide bonds. The van der Waals surface area contributed by atoms with Gasteiger partial charge in [-0.25, -0.2) is 4.79 Å². The molecule has 0 aliphatic heterocycles. The van der Waals surface area contributed by atoms with Crippen LogP contribution in [-0.4, -0.2) is 17.3 Å². The van der Waals surface area contributed by atoms with Crippen LogP contribution in [0.3, 0.4) is 0 Å². The molecule has 66 valence electrons. The van der Waals surface area contributed by atoms with E-state index in [4.69, 9.17) is 11.0 Å². The lowest BCUT2D eigenvalue weighted by molar-refractivity contribution is -0.236. The quantitative estimate of drug-likeness (QED) is 0.463. The van der Waals surface area contributed by atoms with Gasteiger partial charge in [-0.05, 0) is 11.8 Å². The van der Waals surface area contributed by atoms with Crippen LogP contribution in [0.2, 0.25) is 0 Å². The van der Waals surface area contributed by atoms with Gasteiger partial charge in [-0.15, -0.1) is 0 Å². The van der Waals surface area contributed by atoms with E-state index in [0.29, 0.717) is 6.42 Å². The number of carbonyl (C=O) groups is 1. The molecule has 0 rings (SSSR count). The summed E-state index contributed by atoms with van der Waals surface area (Å²) in [6.07, 6.45) is 0.492. The van der Waals surface area contributed by atoms with Crippen molar-refractivity contribution in [3.63, 3.8) is 0 Å². The molecule has 1 unspecified atom stereocenters. The fourth-order valence-corrected chi connectivity index (χ4v) is 0.811. The lowest BCUT2D eigenvalue weighted by Crippen LogP contribution is -2.35. The fourth-order valence-electron chi connectivity index (χ4n) is 0.811. The number of nitrogens with two attached hydrogens (primary N) is 1. The summed E-state index contributed by atoms with van der Waals surface area (Å²) in [6, 6.07) is -0.736. The Hall–Kier alpha value is -0.610. The summed E-state index contributed by atoms with van der Waals surface area (Å²) in [5.74, 6) is -0.778. The van der Waals surface area contributed by atoms with E-state index in [2.05, 4.69) is 4.89 Å². The molecule has 0 spiro atoms. The Kier molecular flexibility index (Phi) is 3.48. The lowest BCUT2D eigenvalue weighted by atomic mass is 9.88. The zero-order valence-corrected chi connectivity index (χ0v) is 7.13. The van der Waals surface area contributed by atoms with Crippen LogP contribution in [0.25, 0.3) is 0 Å². The maximum atomic E-state index is 10.6. The van der Waals surface area contributed by atoms with E-state index in [1.54, 1.807) is 0 Å². The van der Waals surface area contributed by atoms with Gasteiger partial charge in [0.1, 0.15) is 6.04 Å². The van der Waals surface area contributed by atoms with E-state index in [9.17, 15) is 4.79 Å². The van der Waals surface area contributed by atoms with Crippen molar-refractivity contribution in [1.29, 1.82) is 0 Å². The van der Waals surface area contributed by atoms with Crippen LogP contribution in [0.15, 0.2) is 0 Å². The lowest BCUT2D eigenvalue weighted by Gasteiger charge is -2.20. The summed E-state index contributed by atoms with van der Waals surface area (Å²) in [5.41, 5.74) is 5.35. The topological polar surface area (TPSA) is 72.6 Å². The Labute approximate surface area is 66.3 Å². The molecule has 0 aliphatic rings. The zero-order valence-electron chi connectivity index (χ0n) is 7.13. The summed E-state index contributed by atoms with van der Waals surface area (Å²) >= 11 is 0. The van der Waals surface area contributed by atoms with Crippen LogP contribution in [0.4, 0.5) is 0 Å². The fraction of sp³-hybridized carbons (Fsp3) is 0.857. The van der Waals surface area contributed by atoms with Crippen molar-refractivity contribution in [2.45, 2.75) is 33.2 Å². The molecule has 0 heterocycles. The Balaban J connectivity index is 3.87. The monoisotopic (exact) mass is 161 g/mol. The third-order valence-electron chi connectivity index (χ3n) is 1.23. The van der Waals surface area contributed by atoms with E-state index < -0.39 is 12.0 Å². The average molecular weight is 161 g/mol. The average Bonchev–Trinajstić information content (AvgIpc) is 1.82. The highest BCUT2D eigenvalue weighted by atomic mass is 17.1. The highest BCUT2D eigenvalue weighted by Gasteiger charge is 2.22. The number of carbonyl (C=O) groups excluding carboxylic acids is 1. The van der Waals surface area contributed by atoms with Crippen molar-refractivity contribution in [3.8, 4) is 0 Å². The van der Waals surface area contributed by atoms with Crippen LogP contribution in [-0.2, 0) is 9.68 Å². The Morgan fingerprint density at radius 2 is 2.09 bits per heavy atom.